The number of sulfonamides is 1. The third-order valence-corrected chi connectivity index (χ3v) is 4.64. The lowest BCUT2D eigenvalue weighted by Gasteiger charge is -2.08. The molecule has 0 aliphatic carbocycles. The number of nitrogens with two attached hydrogens (primary N) is 1. The molecule has 0 saturated heterocycles. The van der Waals surface area contributed by atoms with Crippen LogP contribution in [0, 0.1) is 0 Å². The Labute approximate surface area is 124 Å². The van der Waals surface area contributed by atoms with Crippen LogP contribution in [0.25, 0.3) is 0 Å². The normalized spacial score (nSPS) is 11.4. The molecule has 1 aromatic rings. The molecule has 0 bridgehead atoms. The molecule has 19 heavy (non-hydrogen) atoms. The summed E-state index contributed by atoms with van der Waals surface area (Å²) in [6.45, 7) is 0.284. The first-order chi connectivity index (χ1) is 8.77. The highest BCUT2D eigenvalue weighted by molar-refractivity contribution is 9.10. The van der Waals surface area contributed by atoms with Crippen LogP contribution in [0.1, 0.15) is 10.4 Å². The molecule has 1 aromatic carbocycles. The van der Waals surface area contributed by atoms with E-state index < -0.39 is 16.0 Å². The predicted octanol–water partition coefficient (Wildman–Crippen LogP) is 1.55. The van der Waals surface area contributed by atoms with Gasteiger partial charge in [-0.3, -0.25) is 0 Å². The zero-order valence-electron chi connectivity index (χ0n) is 9.85. The minimum atomic E-state index is -4.00. The van der Waals surface area contributed by atoms with Crippen LogP contribution in [-0.2, 0) is 19.5 Å². The molecule has 0 radical (unpaired) electrons. The second-order valence-electron chi connectivity index (χ2n) is 3.44. The second-order valence-corrected chi connectivity index (χ2v) is 6.17. The zero-order valence-corrected chi connectivity index (χ0v) is 13.0. The molecule has 0 aliphatic rings. The van der Waals surface area contributed by atoms with Crippen molar-refractivity contribution in [3.05, 3.63) is 27.2 Å². The first-order valence-corrected chi connectivity index (χ1v) is 7.67. The summed E-state index contributed by atoms with van der Waals surface area (Å²) in [5.74, 6) is -0.712. The first kappa shape index (κ1) is 16.4. The minimum Gasteiger partial charge on any atom is -0.460 e. The van der Waals surface area contributed by atoms with E-state index in [0.717, 1.165) is 6.07 Å². The summed E-state index contributed by atoms with van der Waals surface area (Å²) < 4.78 is 32.4. The highest BCUT2D eigenvalue weighted by atomic mass is 79.9. The van der Waals surface area contributed by atoms with E-state index in [1.54, 1.807) is 0 Å². The molecule has 0 atom stereocenters. The van der Waals surface area contributed by atoms with E-state index in [4.69, 9.17) is 26.2 Å². The third-order valence-electron chi connectivity index (χ3n) is 2.06. The van der Waals surface area contributed by atoms with E-state index >= 15 is 0 Å². The maximum absolute atomic E-state index is 11.7. The van der Waals surface area contributed by atoms with Gasteiger partial charge in [0, 0.05) is 7.11 Å². The fourth-order valence-electron chi connectivity index (χ4n) is 1.19. The molecule has 0 spiro atoms. The molecule has 0 amide bonds. The Bertz CT molecular complexity index is 590. The molecule has 0 saturated carbocycles. The smallest absolute Gasteiger partial charge is 0.338 e. The van der Waals surface area contributed by atoms with Gasteiger partial charge in [-0.1, -0.05) is 11.6 Å². The van der Waals surface area contributed by atoms with Crippen LogP contribution in [-0.4, -0.2) is 34.7 Å². The van der Waals surface area contributed by atoms with Gasteiger partial charge in [0.2, 0.25) is 10.0 Å². The average Bonchev–Trinajstić information content (AvgIpc) is 2.31. The van der Waals surface area contributed by atoms with Crippen molar-refractivity contribution >= 4 is 43.5 Å². The lowest BCUT2D eigenvalue weighted by atomic mass is 10.2. The number of methoxy groups -OCH3 is 1. The van der Waals surface area contributed by atoms with Gasteiger partial charge >= 0.3 is 5.97 Å². The maximum Gasteiger partial charge on any atom is 0.338 e. The van der Waals surface area contributed by atoms with Crippen molar-refractivity contribution < 1.29 is 22.7 Å². The van der Waals surface area contributed by atoms with Crippen molar-refractivity contribution in [2.75, 3.05) is 20.3 Å². The summed E-state index contributed by atoms with van der Waals surface area (Å²) in [6.07, 6.45) is 0. The highest BCUT2D eigenvalue weighted by Gasteiger charge is 2.19. The molecule has 6 nitrogen and oxygen atoms in total. The number of esters is 1. The Balaban J connectivity index is 3.11. The van der Waals surface area contributed by atoms with Crippen LogP contribution < -0.4 is 5.14 Å². The number of ether oxygens (including phenoxy) is 2. The van der Waals surface area contributed by atoms with Gasteiger partial charge in [0.1, 0.15) is 6.61 Å². The number of benzene rings is 1. The Morgan fingerprint density at radius 3 is 2.58 bits per heavy atom. The quantitative estimate of drug-likeness (QED) is 0.625. The van der Waals surface area contributed by atoms with Gasteiger partial charge in [0.05, 0.1) is 26.6 Å². The van der Waals surface area contributed by atoms with Crippen molar-refractivity contribution in [2.45, 2.75) is 4.90 Å². The van der Waals surface area contributed by atoms with Crippen LogP contribution in [0.3, 0.4) is 0 Å². The second kappa shape index (κ2) is 6.67. The summed E-state index contributed by atoms with van der Waals surface area (Å²) >= 11 is 8.83. The molecular weight excluding hydrogens is 362 g/mol. The van der Waals surface area contributed by atoms with Crippen LogP contribution in [0.5, 0.6) is 0 Å². The third kappa shape index (κ3) is 4.43. The topological polar surface area (TPSA) is 95.7 Å². The standard InChI is InChI=1S/C10H11BrClNO5S/c1-17-2-3-18-10(14)6-4-7(12)9(11)8(5-6)19(13,15)16/h4-5H,2-3H2,1H3,(H2,13,15,16). The van der Waals surface area contributed by atoms with Gasteiger partial charge in [-0.25, -0.2) is 18.4 Å². The van der Waals surface area contributed by atoms with E-state index in [0.29, 0.717) is 0 Å². The van der Waals surface area contributed by atoms with E-state index in [2.05, 4.69) is 15.9 Å². The van der Waals surface area contributed by atoms with Crippen molar-refractivity contribution in [1.29, 1.82) is 0 Å². The van der Waals surface area contributed by atoms with Crippen LogP contribution in [0.2, 0.25) is 5.02 Å². The van der Waals surface area contributed by atoms with Crippen LogP contribution in [0.15, 0.2) is 21.5 Å². The van der Waals surface area contributed by atoms with Crippen molar-refractivity contribution in [1.82, 2.24) is 0 Å². The van der Waals surface area contributed by atoms with E-state index in [9.17, 15) is 13.2 Å². The molecule has 0 heterocycles. The summed E-state index contributed by atoms with van der Waals surface area (Å²) in [6, 6.07) is 2.38. The van der Waals surface area contributed by atoms with Gasteiger partial charge in [0.25, 0.3) is 0 Å². The number of carbonyl (C=O) groups excluding carboxylic acids is 1. The summed E-state index contributed by atoms with van der Waals surface area (Å²) in [4.78, 5) is 11.4. The fourth-order valence-corrected chi connectivity index (χ4v) is 3.02. The molecule has 0 aliphatic heterocycles. The number of rotatable bonds is 5. The number of halogens is 2. The van der Waals surface area contributed by atoms with Crippen molar-refractivity contribution in [3.8, 4) is 0 Å². The van der Waals surface area contributed by atoms with Gasteiger partial charge < -0.3 is 9.47 Å². The van der Waals surface area contributed by atoms with Gasteiger partial charge in [-0.05, 0) is 28.1 Å². The summed E-state index contributed by atoms with van der Waals surface area (Å²) in [5, 5.41) is 5.08. The Kier molecular flexibility index (Phi) is 5.75. The van der Waals surface area contributed by atoms with Gasteiger partial charge in [0.15, 0.2) is 0 Å². The molecule has 0 aromatic heterocycles. The molecule has 9 heteroatoms. The molecule has 0 unspecified atom stereocenters. The number of carbonyl (C=O) groups is 1. The van der Waals surface area contributed by atoms with Crippen LogP contribution >= 0.6 is 27.5 Å². The van der Waals surface area contributed by atoms with Crippen molar-refractivity contribution in [2.24, 2.45) is 5.14 Å². The number of primary sulfonamides is 1. The SMILES string of the molecule is COCCOC(=O)c1cc(Cl)c(Br)c(S(N)(=O)=O)c1. The Morgan fingerprint density at radius 1 is 1.42 bits per heavy atom. The predicted molar refractivity (Wildman–Crippen MR) is 72.7 cm³/mol. The van der Waals surface area contributed by atoms with E-state index in [1.807, 2.05) is 0 Å². The lowest BCUT2D eigenvalue weighted by molar-refractivity contribution is 0.0388. The Morgan fingerprint density at radius 2 is 2.05 bits per heavy atom. The average molecular weight is 373 g/mol. The molecular formula is C10H11BrClNO5S. The van der Waals surface area contributed by atoms with E-state index in [-0.39, 0.29) is 33.2 Å². The Hall–Kier alpha value is -0.670. The zero-order chi connectivity index (χ0) is 14.6. The molecule has 1 rings (SSSR count). The maximum atomic E-state index is 11.7. The largest absolute Gasteiger partial charge is 0.460 e. The lowest BCUT2D eigenvalue weighted by Crippen LogP contribution is -2.15. The number of hydrogen-bond donors (Lipinski definition) is 1. The molecule has 2 N–H and O–H groups in total. The minimum absolute atomic E-state index is 0.00618. The summed E-state index contributed by atoms with van der Waals surface area (Å²) in [7, 11) is -2.54. The fraction of sp³-hybridized carbons (Fsp3) is 0.300. The van der Waals surface area contributed by atoms with Crippen LogP contribution in [0.4, 0.5) is 0 Å². The highest BCUT2D eigenvalue weighted by Crippen LogP contribution is 2.30. The van der Waals surface area contributed by atoms with Gasteiger partial charge in [-0.2, -0.15) is 0 Å². The summed E-state index contributed by atoms with van der Waals surface area (Å²) in [5.41, 5.74) is -0.00618. The van der Waals surface area contributed by atoms with Gasteiger partial charge in [-0.15, -0.1) is 0 Å². The first-order valence-electron chi connectivity index (χ1n) is 4.95. The number of hydrogen-bond acceptors (Lipinski definition) is 5. The molecule has 106 valence electrons. The van der Waals surface area contributed by atoms with Crippen molar-refractivity contribution in [3.63, 3.8) is 0 Å². The van der Waals surface area contributed by atoms with E-state index in [1.165, 1.54) is 13.2 Å². The monoisotopic (exact) mass is 371 g/mol. The molecule has 0 fully saturated rings.